The normalized spacial score (nSPS) is 16.3. The van der Waals surface area contributed by atoms with Gasteiger partial charge in [-0.25, -0.2) is 0 Å². The van der Waals surface area contributed by atoms with Gasteiger partial charge in [0.1, 0.15) is 5.75 Å². The number of aliphatic carboxylic acids is 1. The predicted molar refractivity (Wildman–Crippen MR) is 106 cm³/mol. The molecular weight excluding hydrogens is 342 g/mol. The number of carboxylic acid groups (broad SMARTS) is 1. The summed E-state index contributed by atoms with van der Waals surface area (Å²) < 4.78 is 6.13. The van der Waals surface area contributed by atoms with Gasteiger partial charge in [-0.1, -0.05) is 39.0 Å². The Kier molecular flexibility index (Phi) is 6.55. The van der Waals surface area contributed by atoms with E-state index in [-0.39, 0.29) is 17.7 Å². The Morgan fingerprint density at radius 1 is 1.11 bits per heavy atom. The fraction of sp³-hybridized carbons (Fsp3) is 0.636. The summed E-state index contributed by atoms with van der Waals surface area (Å²) in [4.78, 5) is 25.4. The quantitative estimate of drug-likeness (QED) is 0.813. The van der Waals surface area contributed by atoms with Gasteiger partial charge in [0.15, 0.2) is 0 Å². The third kappa shape index (κ3) is 5.72. The number of carbonyl (C=O) groups excluding carboxylic acids is 1. The zero-order valence-corrected chi connectivity index (χ0v) is 17.2. The van der Waals surface area contributed by atoms with Crippen molar-refractivity contribution in [1.29, 1.82) is 0 Å². The summed E-state index contributed by atoms with van der Waals surface area (Å²) >= 11 is 0. The Labute approximate surface area is 162 Å². The lowest BCUT2D eigenvalue weighted by atomic mass is 9.86. The smallest absolute Gasteiger partial charge is 0.309 e. The molecule has 1 aromatic carbocycles. The topological polar surface area (TPSA) is 66.8 Å². The van der Waals surface area contributed by atoms with Gasteiger partial charge in [0.25, 0.3) is 0 Å². The number of piperidine rings is 1. The molecule has 0 spiro atoms. The number of rotatable bonds is 6. The number of ether oxygens (including phenoxy) is 1. The molecule has 0 saturated carbocycles. The number of carboxylic acids is 1. The summed E-state index contributed by atoms with van der Waals surface area (Å²) in [5, 5.41) is 9.20. The van der Waals surface area contributed by atoms with Gasteiger partial charge in [-0.15, -0.1) is 0 Å². The summed E-state index contributed by atoms with van der Waals surface area (Å²) in [6.45, 7) is 11.7. The zero-order valence-electron chi connectivity index (χ0n) is 17.2. The van der Waals surface area contributed by atoms with E-state index in [1.807, 2.05) is 18.2 Å². The van der Waals surface area contributed by atoms with Gasteiger partial charge in [-0.05, 0) is 49.7 Å². The van der Waals surface area contributed by atoms with Crippen molar-refractivity contribution < 1.29 is 19.4 Å². The summed E-state index contributed by atoms with van der Waals surface area (Å²) in [6.07, 6.45) is 1.82. The van der Waals surface area contributed by atoms with E-state index in [4.69, 9.17) is 4.74 Å². The van der Waals surface area contributed by atoms with Crippen LogP contribution >= 0.6 is 0 Å². The van der Waals surface area contributed by atoms with Crippen molar-refractivity contribution in [2.45, 2.75) is 59.3 Å². The van der Waals surface area contributed by atoms with Crippen molar-refractivity contribution in [3.05, 3.63) is 29.8 Å². The van der Waals surface area contributed by atoms with Crippen LogP contribution < -0.4 is 4.74 Å². The highest BCUT2D eigenvalue weighted by Crippen LogP contribution is 2.32. The highest BCUT2D eigenvalue weighted by molar-refractivity contribution is 5.84. The molecule has 0 aliphatic carbocycles. The van der Waals surface area contributed by atoms with Crippen molar-refractivity contribution in [2.24, 2.45) is 11.3 Å². The zero-order chi connectivity index (χ0) is 20.2. The number of hydrogen-bond acceptors (Lipinski definition) is 3. The number of hydrogen-bond donors (Lipinski definition) is 1. The number of nitrogens with zero attached hydrogens (tertiary/aromatic N) is 1. The molecule has 27 heavy (non-hydrogen) atoms. The first kappa shape index (κ1) is 21.3. The number of likely N-dealkylation sites (tertiary alicyclic amines) is 1. The highest BCUT2D eigenvalue weighted by atomic mass is 16.5. The Balaban J connectivity index is 1.85. The van der Waals surface area contributed by atoms with Crippen molar-refractivity contribution in [3.63, 3.8) is 0 Å². The molecule has 2 rings (SSSR count). The molecule has 1 heterocycles. The molecule has 0 atom stereocenters. The fourth-order valence-corrected chi connectivity index (χ4v) is 3.33. The minimum absolute atomic E-state index is 0.0311. The number of carbonyl (C=O) groups is 2. The molecule has 150 valence electrons. The molecular formula is C22H33NO4. The number of benzene rings is 1. The first-order chi connectivity index (χ1) is 12.5. The van der Waals surface area contributed by atoms with E-state index in [2.05, 4.69) is 26.8 Å². The first-order valence-electron chi connectivity index (χ1n) is 9.74. The average Bonchev–Trinajstić information content (AvgIpc) is 2.59. The van der Waals surface area contributed by atoms with E-state index in [0.29, 0.717) is 25.6 Å². The summed E-state index contributed by atoms with van der Waals surface area (Å²) in [6, 6.07) is 8.17. The van der Waals surface area contributed by atoms with Gasteiger partial charge in [-0.3, -0.25) is 9.59 Å². The first-order valence-corrected chi connectivity index (χ1v) is 9.74. The van der Waals surface area contributed by atoms with Crippen molar-refractivity contribution in [2.75, 3.05) is 19.7 Å². The molecule has 1 amide bonds. The van der Waals surface area contributed by atoms with Gasteiger partial charge in [0, 0.05) is 19.5 Å². The van der Waals surface area contributed by atoms with Crippen LogP contribution in [0.1, 0.15) is 59.4 Å². The molecule has 1 N–H and O–H groups in total. The van der Waals surface area contributed by atoms with Crippen LogP contribution in [-0.2, 0) is 15.0 Å². The molecule has 0 aromatic heterocycles. The molecule has 5 heteroatoms. The van der Waals surface area contributed by atoms with E-state index < -0.39 is 11.4 Å². The molecule has 0 bridgehead atoms. The molecule has 1 aliphatic heterocycles. The Morgan fingerprint density at radius 3 is 2.26 bits per heavy atom. The van der Waals surface area contributed by atoms with E-state index in [1.54, 1.807) is 18.7 Å². The molecule has 0 unspecified atom stereocenters. The Morgan fingerprint density at radius 2 is 1.70 bits per heavy atom. The lowest BCUT2D eigenvalue weighted by Gasteiger charge is -2.33. The lowest BCUT2D eigenvalue weighted by molar-refractivity contribution is -0.151. The molecule has 5 nitrogen and oxygen atoms in total. The highest BCUT2D eigenvalue weighted by Gasteiger charge is 2.33. The van der Waals surface area contributed by atoms with E-state index >= 15 is 0 Å². The van der Waals surface area contributed by atoms with Gasteiger partial charge >= 0.3 is 5.97 Å². The van der Waals surface area contributed by atoms with Crippen LogP contribution in [0.5, 0.6) is 5.75 Å². The largest absolute Gasteiger partial charge is 0.493 e. The van der Waals surface area contributed by atoms with Gasteiger partial charge in [0.05, 0.1) is 12.0 Å². The second-order valence-corrected chi connectivity index (χ2v) is 9.25. The molecule has 1 aliphatic rings. The summed E-state index contributed by atoms with van der Waals surface area (Å²) in [5.74, 6) is 0.345. The monoisotopic (exact) mass is 375 g/mol. The maximum Gasteiger partial charge on any atom is 0.309 e. The molecule has 0 radical (unpaired) electrons. The third-order valence-electron chi connectivity index (χ3n) is 5.31. The maximum atomic E-state index is 12.4. The van der Waals surface area contributed by atoms with Gasteiger partial charge in [-0.2, -0.15) is 0 Å². The summed E-state index contributed by atoms with van der Waals surface area (Å²) in [7, 11) is 0. The van der Waals surface area contributed by atoms with E-state index in [0.717, 1.165) is 18.6 Å². The van der Waals surface area contributed by atoms with E-state index in [1.165, 1.54) is 5.56 Å². The molecule has 1 saturated heterocycles. The maximum absolute atomic E-state index is 12.4. The van der Waals surface area contributed by atoms with Crippen molar-refractivity contribution in [3.8, 4) is 5.75 Å². The van der Waals surface area contributed by atoms with Gasteiger partial charge < -0.3 is 14.7 Å². The standard InChI is InChI=1S/C22H33NO4/c1-21(2,3)17-8-6-7-9-18(17)27-15-16-10-12-23(13-11-16)19(24)14-22(4,5)20(25)26/h6-9,16H,10-15H2,1-5H3,(H,25,26). The van der Waals surface area contributed by atoms with E-state index in [9.17, 15) is 14.7 Å². The fourth-order valence-electron chi connectivity index (χ4n) is 3.33. The second kappa shape index (κ2) is 8.32. The SMILES string of the molecule is CC(C)(CC(=O)N1CCC(COc2ccccc2C(C)(C)C)CC1)C(=O)O. The van der Waals surface area contributed by atoms with Crippen LogP contribution in [0.4, 0.5) is 0 Å². The van der Waals surface area contributed by atoms with Crippen LogP contribution in [0, 0.1) is 11.3 Å². The lowest BCUT2D eigenvalue weighted by Crippen LogP contribution is -2.42. The van der Waals surface area contributed by atoms with Crippen molar-refractivity contribution in [1.82, 2.24) is 4.90 Å². The predicted octanol–water partition coefficient (Wildman–Crippen LogP) is 4.10. The third-order valence-corrected chi connectivity index (χ3v) is 5.31. The van der Waals surface area contributed by atoms with Crippen LogP contribution in [0.3, 0.4) is 0 Å². The average molecular weight is 376 g/mol. The number of amides is 1. The van der Waals surface area contributed by atoms with Crippen LogP contribution in [0.15, 0.2) is 24.3 Å². The van der Waals surface area contributed by atoms with Gasteiger partial charge in [0.2, 0.25) is 5.91 Å². The van der Waals surface area contributed by atoms with Crippen LogP contribution in [0.25, 0.3) is 0 Å². The minimum Gasteiger partial charge on any atom is -0.493 e. The van der Waals surface area contributed by atoms with Crippen LogP contribution in [0.2, 0.25) is 0 Å². The Hall–Kier alpha value is -2.04. The second-order valence-electron chi connectivity index (χ2n) is 9.25. The Bertz CT molecular complexity index is 667. The van der Waals surface area contributed by atoms with Crippen molar-refractivity contribution >= 4 is 11.9 Å². The van der Waals surface area contributed by atoms with Crippen LogP contribution in [-0.4, -0.2) is 41.6 Å². The number of para-hydroxylation sites is 1. The summed E-state index contributed by atoms with van der Waals surface area (Å²) in [5.41, 5.74) is 0.213. The minimum atomic E-state index is -1.02. The molecule has 1 aromatic rings. The molecule has 1 fully saturated rings.